The maximum absolute atomic E-state index is 12.4. The van der Waals surface area contributed by atoms with Crippen LogP contribution in [0.25, 0.3) is 0 Å². The fourth-order valence-corrected chi connectivity index (χ4v) is 5.85. The summed E-state index contributed by atoms with van der Waals surface area (Å²) >= 11 is 0. The van der Waals surface area contributed by atoms with Gasteiger partial charge < -0.3 is 14.7 Å². The molecular formula is C26H38N4O3. The molecule has 180 valence electrons. The van der Waals surface area contributed by atoms with Gasteiger partial charge in [-0.1, -0.05) is 32.1 Å². The first-order chi connectivity index (χ1) is 16.0. The van der Waals surface area contributed by atoms with Crippen LogP contribution in [0.3, 0.4) is 0 Å². The predicted octanol–water partition coefficient (Wildman–Crippen LogP) is 3.71. The number of anilines is 3. The molecule has 0 bridgehead atoms. The van der Waals surface area contributed by atoms with Gasteiger partial charge in [-0.3, -0.25) is 19.7 Å². The van der Waals surface area contributed by atoms with Crippen molar-refractivity contribution in [3.05, 3.63) is 18.2 Å². The van der Waals surface area contributed by atoms with Crippen LogP contribution in [0.5, 0.6) is 0 Å². The number of imide groups is 1. The van der Waals surface area contributed by atoms with Crippen LogP contribution in [0, 0.1) is 11.8 Å². The number of nitrogens with one attached hydrogen (secondary N) is 1. The van der Waals surface area contributed by atoms with Gasteiger partial charge in [-0.05, 0) is 55.7 Å². The van der Waals surface area contributed by atoms with Crippen LogP contribution in [0.2, 0.25) is 0 Å². The van der Waals surface area contributed by atoms with Gasteiger partial charge in [0.05, 0.1) is 11.4 Å². The number of rotatable bonds is 7. The summed E-state index contributed by atoms with van der Waals surface area (Å²) in [6.07, 6.45) is 12.3. The third-order valence-electron chi connectivity index (χ3n) is 7.75. The van der Waals surface area contributed by atoms with Gasteiger partial charge in [-0.15, -0.1) is 0 Å². The van der Waals surface area contributed by atoms with Crippen LogP contribution in [-0.2, 0) is 14.4 Å². The summed E-state index contributed by atoms with van der Waals surface area (Å²) in [5.41, 5.74) is 2.75. The van der Waals surface area contributed by atoms with Gasteiger partial charge in [0.25, 0.3) is 0 Å². The van der Waals surface area contributed by atoms with Crippen molar-refractivity contribution in [3.63, 3.8) is 0 Å². The highest BCUT2D eigenvalue weighted by Crippen LogP contribution is 2.37. The molecule has 4 rings (SSSR count). The topological polar surface area (TPSA) is 73.0 Å². The zero-order chi connectivity index (χ0) is 23.4. The number of hydrogen-bond donors (Lipinski definition) is 1. The molecule has 3 amide bonds. The summed E-state index contributed by atoms with van der Waals surface area (Å²) < 4.78 is 0. The van der Waals surface area contributed by atoms with Gasteiger partial charge in [0.2, 0.25) is 18.2 Å². The first-order valence-corrected chi connectivity index (χ1v) is 12.6. The lowest BCUT2D eigenvalue weighted by Gasteiger charge is -2.37. The van der Waals surface area contributed by atoms with Crippen molar-refractivity contribution in [1.29, 1.82) is 0 Å². The molecule has 0 aromatic heterocycles. The summed E-state index contributed by atoms with van der Waals surface area (Å²) in [6.45, 7) is 2.13. The van der Waals surface area contributed by atoms with Gasteiger partial charge in [0.15, 0.2) is 0 Å². The normalized spacial score (nSPS) is 22.7. The standard InChI is InChI=1S/C26H38N4O3/c1-28(2)24-17-21(29-14-12-20(13-15-29)16-19-6-4-3-5-7-19)8-9-22(24)30(18-31)23-10-11-25(32)27-26(23)33/h8-9,17-20,23H,3-7,10-16H2,1-2H3,(H,27,32,33). The van der Waals surface area contributed by atoms with Crippen LogP contribution in [0.4, 0.5) is 17.1 Å². The van der Waals surface area contributed by atoms with Crippen molar-refractivity contribution in [3.8, 4) is 0 Å². The quantitative estimate of drug-likeness (QED) is 0.502. The van der Waals surface area contributed by atoms with Crippen molar-refractivity contribution >= 4 is 35.3 Å². The van der Waals surface area contributed by atoms with Crippen molar-refractivity contribution < 1.29 is 14.4 Å². The molecule has 1 unspecified atom stereocenters. The molecule has 2 aliphatic heterocycles. The molecule has 1 saturated carbocycles. The van der Waals surface area contributed by atoms with Gasteiger partial charge in [0, 0.05) is 39.3 Å². The highest BCUT2D eigenvalue weighted by molar-refractivity contribution is 6.04. The largest absolute Gasteiger partial charge is 0.376 e. The average Bonchev–Trinajstić information content (AvgIpc) is 2.82. The second-order valence-electron chi connectivity index (χ2n) is 10.2. The van der Waals surface area contributed by atoms with E-state index in [1.165, 1.54) is 56.3 Å². The van der Waals surface area contributed by atoms with Gasteiger partial charge >= 0.3 is 0 Å². The molecule has 2 heterocycles. The van der Waals surface area contributed by atoms with Crippen molar-refractivity contribution in [1.82, 2.24) is 5.32 Å². The number of carbonyl (C=O) groups excluding carboxylic acids is 3. The molecule has 7 nitrogen and oxygen atoms in total. The second-order valence-corrected chi connectivity index (χ2v) is 10.2. The average molecular weight is 455 g/mol. The fraction of sp³-hybridized carbons (Fsp3) is 0.654. The number of piperidine rings is 2. The molecule has 1 aromatic carbocycles. The Hall–Kier alpha value is -2.57. The molecule has 0 radical (unpaired) electrons. The van der Waals surface area contributed by atoms with Crippen LogP contribution in [-0.4, -0.2) is 51.5 Å². The van der Waals surface area contributed by atoms with E-state index in [2.05, 4.69) is 22.3 Å². The Bertz CT molecular complexity index is 857. The third-order valence-corrected chi connectivity index (χ3v) is 7.75. The van der Waals surface area contributed by atoms with Crippen LogP contribution >= 0.6 is 0 Å². The van der Waals surface area contributed by atoms with Crippen LogP contribution in [0.1, 0.15) is 64.2 Å². The van der Waals surface area contributed by atoms with E-state index in [0.29, 0.717) is 18.5 Å². The Kier molecular flexibility index (Phi) is 7.56. The minimum absolute atomic E-state index is 0.242. The molecule has 7 heteroatoms. The minimum Gasteiger partial charge on any atom is -0.376 e. The molecule has 1 aromatic rings. The first kappa shape index (κ1) is 23.6. The maximum atomic E-state index is 12.4. The van der Waals surface area contributed by atoms with Gasteiger partial charge in [0.1, 0.15) is 6.04 Å². The summed E-state index contributed by atoms with van der Waals surface area (Å²) in [4.78, 5) is 41.9. The zero-order valence-corrected chi connectivity index (χ0v) is 20.1. The van der Waals surface area contributed by atoms with Crippen LogP contribution < -0.4 is 20.0 Å². The Labute approximate surface area is 197 Å². The Morgan fingerprint density at radius 3 is 2.30 bits per heavy atom. The molecule has 1 N–H and O–H groups in total. The van der Waals surface area contributed by atoms with Crippen molar-refractivity contribution in [2.75, 3.05) is 41.9 Å². The Morgan fingerprint density at radius 1 is 0.970 bits per heavy atom. The summed E-state index contributed by atoms with van der Waals surface area (Å²) in [7, 11) is 3.90. The number of benzene rings is 1. The molecule has 33 heavy (non-hydrogen) atoms. The molecule has 3 fully saturated rings. The SMILES string of the molecule is CN(C)c1cc(N2CCC(CC3CCCCC3)CC2)ccc1N(C=O)C1CCC(=O)NC1=O. The maximum Gasteiger partial charge on any atom is 0.249 e. The zero-order valence-electron chi connectivity index (χ0n) is 20.1. The van der Waals surface area contributed by atoms with E-state index in [1.54, 1.807) is 0 Å². The van der Waals surface area contributed by atoms with E-state index < -0.39 is 11.9 Å². The molecule has 2 saturated heterocycles. The third kappa shape index (κ3) is 5.50. The fourth-order valence-electron chi connectivity index (χ4n) is 5.85. The van der Waals surface area contributed by atoms with E-state index >= 15 is 0 Å². The van der Waals surface area contributed by atoms with E-state index in [0.717, 1.165) is 36.3 Å². The lowest BCUT2D eigenvalue weighted by atomic mass is 9.80. The Balaban J connectivity index is 1.45. The molecule has 1 aliphatic carbocycles. The molecule has 0 spiro atoms. The van der Waals surface area contributed by atoms with Crippen LogP contribution in [0.15, 0.2) is 18.2 Å². The minimum atomic E-state index is -0.666. The number of amides is 3. The smallest absolute Gasteiger partial charge is 0.249 e. The monoisotopic (exact) mass is 454 g/mol. The predicted molar refractivity (Wildman–Crippen MR) is 132 cm³/mol. The first-order valence-electron chi connectivity index (χ1n) is 12.6. The number of hydrogen-bond acceptors (Lipinski definition) is 5. The summed E-state index contributed by atoms with van der Waals surface area (Å²) in [5.74, 6) is 1.09. The molecular weight excluding hydrogens is 416 g/mol. The van der Waals surface area contributed by atoms with Gasteiger partial charge in [-0.2, -0.15) is 0 Å². The van der Waals surface area contributed by atoms with E-state index in [1.807, 2.05) is 25.1 Å². The summed E-state index contributed by atoms with van der Waals surface area (Å²) in [6, 6.07) is 5.46. The number of carbonyl (C=O) groups is 3. The summed E-state index contributed by atoms with van der Waals surface area (Å²) in [5, 5.41) is 2.36. The van der Waals surface area contributed by atoms with E-state index in [-0.39, 0.29) is 12.3 Å². The van der Waals surface area contributed by atoms with E-state index in [9.17, 15) is 14.4 Å². The van der Waals surface area contributed by atoms with Crippen molar-refractivity contribution in [2.45, 2.75) is 70.3 Å². The van der Waals surface area contributed by atoms with E-state index in [4.69, 9.17) is 0 Å². The van der Waals surface area contributed by atoms with Crippen molar-refractivity contribution in [2.24, 2.45) is 11.8 Å². The molecule has 1 atom stereocenters. The second kappa shape index (κ2) is 10.6. The lowest BCUT2D eigenvalue weighted by Crippen LogP contribution is -2.52. The lowest BCUT2D eigenvalue weighted by molar-refractivity contribution is -0.134. The van der Waals surface area contributed by atoms with Gasteiger partial charge in [-0.25, -0.2) is 0 Å². The highest BCUT2D eigenvalue weighted by atomic mass is 16.2. The molecule has 3 aliphatic rings. The Morgan fingerprint density at radius 2 is 1.67 bits per heavy atom. The number of nitrogens with zero attached hydrogens (tertiary/aromatic N) is 3. The highest BCUT2D eigenvalue weighted by Gasteiger charge is 2.33.